The Labute approximate surface area is 229 Å². The van der Waals surface area contributed by atoms with Crippen LogP contribution in [0.4, 0.5) is 10.5 Å². The van der Waals surface area contributed by atoms with Crippen LogP contribution in [0.5, 0.6) is 5.75 Å². The highest BCUT2D eigenvalue weighted by Gasteiger charge is 2.27. The molecule has 2 aromatic heterocycles. The van der Waals surface area contributed by atoms with Gasteiger partial charge in [0.1, 0.15) is 5.75 Å². The van der Waals surface area contributed by atoms with E-state index >= 15 is 0 Å². The molecule has 1 aliphatic carbocycles. The maximum Gasteiger partial charge on any atom is 0.319 e. The van der Waals surface area contributed by atoms with E-state index in [2.05, 4.69) is 15.2 Å². The number of fused-ring (bicyclic) bond motifs is 2. The van der Waals surface area contributed by atoms with Crippen molar-refractivity contribution >= 4 is 40.2 Å². The van der Waals surface area contributed by atoms with Crippen LogP contribution in [0.2, 0.25) is 5.02 Å². The Morgan fingerprint density at radius 3 is 2.67 bits per heavy atom. The minimum atomic E-state index is -1.09. The smallest absolute Gasteiger partial charge is 0.319 e. The van der Waals surface area contributed by atoms with Crippen molar-refractivity contribution in [3.8, 4) is 5.75 Å². The van der Waals surface area contributed by atoms with Gasteiger partial charge in [0.15, 0.2) is 5.69 Å². The van der Waals surface area contributed by atoms with E-state index in [1.807, 2.05) is 43.5 Å². The third-order valence-electron chi connectivity index (χ3n) is 7.24. The van der Waals surface area contributed by atoms with E-state index in [4.69, 9.17) is 11.6 Å². The number of halogens is 1. The normalized spacial score (nSPS) is 13.3. The second kappa shape index (κ2) is 10.9. The highest BCUT2D eigenvalue weighted by Crippen LogP contribution is 2.34. The van der Waals surface area contributed by atoms with Gasteiger partial charge in [-0.15, -0.1) is 0 Å². The number of nitrogens with one attached hydrogen (secondary N) is 2. The Morgan fingerprint density at radius 1 is 1.13 bits per heavy atom. The molecule has 0 unspecified atom stereocenters. The average Bonchev–Trinajstić information content (AvgIpc) is 3.56. The van der Waals surface area contributed by atoms with Gasteiger partial charge in [-0.3, -0.25) is 9.59 Å². The summed E-state index contributed by atoms with van der Waals surface area (Å²) in [5.74, 6) is -1.34. The molecule has 9 nitrogen and oxygen atoms in total. The number of hydrogen-bond donors (Lipinski definition) is 4. The number of nitrogens with zero attached hydrogens (tertiary/aromatic N) is 2. The number of benzene rings is 2. The van der Waals surface area contributed by atoms with Crippen LogP contribution < -0.4 is 16.2 Å². The van der Waals surface area contributed by atoms with Crippen LogP contribution in [0, 0.1) is 0 Å². The third kappa shape index (κ3) is 5.22. The number of aromatic nitrogens is 2. The van der Waals surface area contributed by atoms with Crippen molar-refractivity contribution in [1.29, 1.82) is 0 Å². The Kier molecular flexibility index (Phi) is 7.34. The fourth-order valence-electron chi connectivity index (χ4n) is 5.31. The van der Waals surface area contributed by atoms with Gasteiger partial charge < -0.3 is 30.0 Å². The molecule has 202 valence electrons. The summed E-state index contributed by atoms with van der Waals surface area (Å²) in [4.78, 5) is 38.3. The molecule has 0 fully saturated rings. The second-order valence-corrected chi connectivity index (χ2v) is 10.1. The van der Waals surface area contributed by atoms with Gasteiger partial charge in [0.25, 0.3) is 5.56 Å². The van der Waals surface area contributed by atoms with E-state index in [-0.39, 0.29) is 24.4 Å². The minimum absolute atomic E-state index is 0.191. The molecule has 10 heteroatoms. The molecule has 0 aliphatic heterocycles. The number of aryl methyl sites for hydroxylation is 1. The lowest BCUT2D eigenvalue weighted by atomic mass is 10.0. The van der Waals surface area contributed by atoms with Gasteiger partial charge in [-0.1, -0.05) is 35.9 Å². The van der Waals surface area contributed by atoms with Gasteiger partial charge in [0.2, 0.25) is 0 Å². The first-order chi connectivity index (χ1) is 18.8. The standard InChI is InChI=1S/C29H29ClN4O5/c1-2-33-13-12-18-14-17(10-11-23(18)33)22(15-25(35)36)31-29(39)32-26-27(37)20-7-5-9-24(20)34(28(26)38)16-19-6-3-4-8-21(19)30/h3-4,6,8,10-14,22,37H,2,5,7,9,15-16H2,1H3,(H,35,36)(H2,31,32,39)/t22-/m0/s1. The number of carboxylic acid groups (broad SMARTS) is 1. The Balaban J connectivity index is 1.45. The van der Waals surface area contributed by atoms with Crippen molar-refractivity contribution in [2.24, 2.45) is 0 Å². The van der Waals surface area contributed by atoms with Gasteiger partial charge >= 0.3 is 12.0 Å². The predicted octanol–water partition coefficient (Wildman–Crippen LogP) is 5.06. The molecule has 39 heavy (non-hydrogen) atoms. The first-order valence-electron chi connectivity index (χ1n) is 12.9. The molecule has 0 saturated carbocycles. The zero-order chi connectivity index (χ0) is 27.7. The van der Waals surface area contributed by atoms with Gasteiger partial charge in [-0.2, -0.15) is 0 Å². The molecular formula is C29H29ClN4O5. The maximum absolute atomic E-state index is 13.5. The molecule has 5 rings (SSSR count). The highest BCUT2D eigenvalue weighted by molar-refractivity contribution is 6.31. The van der Waals surface area contributed by atoms with Gasteiger partial charge in [-0.25, -0.2) is 4.79 Å². The van der Waals surface area contributed by atoms with Crippen molar-refractivity contribution in [3.63, 3.8) is 0 Å². The summed E-state index contributed by atoms with van der Waals surface area (Å²) in [6.07, 6.45) is 3.55. The average molecular weight is 549 g/mol. The lowest BCUT2D eigenvalue weighted by Crippen LogP contribution is -2.37. The number of hydrogen-bond acceptors (Lipinski definition) is 4. The quantitative estimate of drug-likeness (QED) is 0.245. The number of carbonyl (C=O) groups excluding carboxylic acids is 1. The van der Waals surface area contributed by atoms with Crippen LogP contribution in [0.1, 0.15) is 48.2 Å². The molecule has 4 N–H and O–H groups in total. The SMILES string of the molecule is CCn1ccc2cc([C@H](CC(=O)O)NC(=O)Nc3c(O)c4c(n(Cc5ccccc5Cl)c3=O)CCC4)ccc21. The monoisotopic (exact) mass is 548 g/mol. The summed E-state index contributed by atoms with van der Waals surface area (Å²) in [6, 6.07) is 13.0. The number of rotatable bonds is 8. The topological polar surface area (TPSA) is 126 Å². The number of urea groups is 1. The summed E-state index contributed by atoms with van der Waals surface area (Å²) >= 11 is 6.34. The largest absolute Gasteiger partial charge is 0.505 e. The second-order valence-electron chi connectivity index (χ2n) is 9.65. The van der Waals surface area contributed by atoms with Crippen molar-refractivity contribution in [2.75, 3.05) is 5.32 Å². The Bertz CT molecular complexity index is 1640. The van der Waals surface area contributed by atoms with Crippen LogP contribution in [0.3, 0.4) is 0 Å². The van der Waals surface area contributed by atoms with Crippen molar-refractivity contribution in [2.45, 2.75) is 51.7 Å². The number of pyridine rings is 1. The molecular weight excluding hydrogens is 520 g/mol. The zero-order valence-corrected chi connectivity index (χ0v) is 22.2. The van der Waals surface area contributed by atoms with Crippen LogP contribution in [-0.4, -0.2) is 31.3 Å². The van der Waals surface area contributed by atoms with E-state index < -0.39 is 23.6 Å². The highest BCUT2D eigenvalue weighted by atomic mass is 35.5. The van der Waals surface area contributed by atoms with Crippen LogP contribution in [0.15, 0.2) is 59.5 Å². The van der Waals surface area contributed by atoms with Gasteiger partial charge in [0, 0.05) is 34.5 Å². The molecule has 2 aromatic carbocycles. The fraction of sp³-hybridized carbons (Fsp3) is 0.276. The lowest BCUT2D eigenvalue weighted by Gasteiger charge is -2.20. The van der Waals surface area contributed by atoms with Gasteiger partial charge in [-0.05, 0) is 67.0 Å². The number of aromatic hydroxyl groups is 1. The van der Waals surface area contributed by atoms with Crippen molar-refractivity contribution in [1.82, 2.24) is 14.5 Å². The number of anilines is 1. The van der Waals surface area contributed by atoms with Crippen molar-refractivity contribution in [3.05, 3.63) is 92.5 Å². The minimum Gasteiger partial charge on any atom is -0.505 e. The van der Waals surface area contributed by atoms with E-state index in [9.17, 15) is 24.6 Å². The maximum atomic E-state index is 13.5. The Hall–Kier alpha value is -4.24. The molecule has 2 amide bonds. The van der Waals surface area contributed by atoms with E-state index in [0.717, 1.165) is 35.1 Å². The van der Waals surface area contributed by atoms with Gasteiger partial charge in [0.05, 0.1) is 19.0 Å². The first-order valence-corrected chi connectivity index (χ1v) is 13.2. The van der Waals surface area contributed by atoms with Crippen LogP contribution in [0.25, 0.3) is 10.9 Å². The van der Waals surface area contributed by atoms with Crippen molar-refractivity contribution < 1.29 is 19.8 Å². The first kappa shape index (κ1) is 26.4. The summed E-state index contributed by atoms with van der Waals surface area (Å²) in [5.41, 5.74) is 2.89. The number of aliphatic carboxylic acids is 1. The fourth-order valence-corrected chi connectivity index (χ4v) is 5.51. The zero-order valence-electron chi connectivity index (χ0n) is 21.4. The third-order valence-corrected chi connectivity index (χ3v) is 7.61. The molecule has 2 heterocycles. The summed E-state index contributed by atoms with van der Waals surface area (Å²) in [7, 11) is 0. The summed E-state index contributed by atoms with van der Waals surface area (Å²) in [6.45, 7) is 3.01. The number of amides is 2. The lowest BCUT2D eigenvalue weighted by molar-refractivity contribution is -0.137. The molecule has 0 radical (unpaired) electrons. The van der Waals surface area contributed by atoms with E-state index in [1.165, 1.54) is 0 Å². The van der Waals surface area contributed by atoms with E-state index in [1.54, 1.807) is 22.8 Å². The predicted molar refractivity (Wildman–Crippen MR) is 150 cm³/mol. The summed E-state index contributed by atoms with van der Waals surface area (Å²) < 4.78 is 3.61. The number of carbonyl (C=O) groups is 2. The summed E-state index contributed by atoms with van der Waals surface area (Å²) in [5, 5.41) is 27.1. The molecule has 1 aliphatic rings. The van der Waals surface area contributed by atoms with Crippen LogP contribution >= 0.6 is 11.6 Å². The number of carboxylic acids is 1. The molecule has 4 aromatic rings. The van der Waals surface area contributed by atoms with Crippen LogP contribution in [-0.2, 0) is 30.7 Å². The van der Waals surface area contributed by atoms with E-state index in [0.29, 0.717) is 29.0 Å². The molecule has 1 atom stereocenters. The molecule has 0 bridgehead atoms. The molecule has 0 saturated heterocycles. The molecule has 0 spiro atoms. The Morgan fingerprint density at radius 2 is 1.92 bits per heavy atom.